The van der Waals surface area contributed by atoms with Crippen molar-refractivity contribution in [2.45, 2.75) is 13.3 Å². The molecule has 0 spiro atoms. The van der Waals surface area contributed by atoms with Crippen LogP contribution in [-0.2, 0) is 10.0 Å². The van der Waals surface area contributed by atoms with Crippen LogP contribution >= 0.6 is 0 Å². The number of anilines is 1. The Kier molecular flexibility index (Phi) is 3.93. The van der Waals surface area contributed by atoms with Gasteiger partial charge in [-0.25, -0.2) is 18.1 Å². The van der Waals surface area contributed by atoms with Gasteiger partial charge in [-0.05, 0) is 37.6 Å². The maximum absolute atomic E-state index is 13.2. The summed E-state index contributed by atoms with van der Waals surface area (Å²) in [7, 11) is -3.22. The number of carbonyl (C=O) groups excluding carboxylic acids is 1. The van der Waals surface area contributed by atoms with Crippen molar-refractivity contribution < 1.29 is 13.2 Å². The van der Waals surface area contributed by atoms with E-state index in [0.29, 0.717) is 25.1 Å². The van der Waals surface area contributed by atoms with Crippen molar-refractivity contribution in [2.24, 2.45) is 0 Å². The number of sulfonamides is 1. The first-order valence-electron chi connectivity index (χ1n) is 8.45. The summed E-state index contributed by atoms with van der Waals surface area (Å²) < 4.78 is 24.9. The van der Waals surface area contributed by atoms with Gasteiger partial charge in [-0.15, -0.1) is 0 Å². The van der Waals surface area contributed by atoms with E-state index in [2.05, 4.69) is 4.72 Å². The Morgan fingerprint density at radius 3 is 2.73 bits per heavy atom. The van der Waals surface area contributed by atoms with E-state index in [-0.39, 0.29) is 5.91 Å². The molecular weight excluding hydrogens is 350 g/mol. The highest BCUT2D eigenvalue weighted by Gasteiger charge is 2.31. The average Bonchev–Trinajstić information content (AvgIpc) is 2.86. The van der Waals surface area contributed by atoms with Crippen molar-refractivity contribution in [1.29, 1.82) is 0 Å². The molecule has 1 N–H and O–H groups in total. The fourth-order valence-electron chi connectivity index (χ4n) is 3.50. The molecule has 1 aliphatic heterocycles. The van der Waals surface area contributed by atoms with Crippen molar-refractivity contribution in [3.63, 3.8) is 0 Å². The van der Waals surface area contributed by atoms with E-state index in [1.807, 2.05) is 43.3 Å². The molecule has 1 amide bonds. The number of nitrogens with one attached hydrogen (secondary N) is 1. The third kappa shape index (κ3) is 2.83. The summed E-state index contributed by atoms with van der Waals surface area (Å²) in [4.78, 5) is 19.6. The number of nitrogens with zero attached hydrogens (tertiary/aromatic N) is 2. The van der Waals surface area contributed by atoms with Crippen molar-refractivity contribution in [1.82, 2.24) is 9.71 Å². The van der Waals surface area contributed by atoms with Gasteiger partial charge in [0.05, 0.1) is 28.5 Å². The molecule has 1 aliphatic rings. The Labute approximate surface area is 151 Å². The van der Waals surface area contributed by atoms with E-state index < -0.39 is 10.0 Å². The van der Waals surface area contributed by atoms with Crippen LogP contribution in [0.3, 0.4) is 0 Å². The van der Waals surface area contributed by atoms with E-state index in [1.54, 1.807) is 4.90 Å². The minimum atomic E-state index is -3.22. The van der Waals surface area contributed by atoms with Gasteiger partial charge in [0.2, 0.25) is 10.0 Å². The van der Waals surface area contributed by atoms with Crippen LogP contribution in [0.1, 0.15) is 22.3 Å². The molecule has 0 radical (unpaired) electrons. The number of aromatic nitrogens is 1. The predicted molar refractivity (Wildman–Crippen MR) is 103 cm³/mol. The molecule has 0 atom stereocenters. The molecule has 26 heavy (non-hydrogen) atoms. The summed E-state index contributed by atoms with van der Waals surface area (Å²) in [5.74, 6) is -0.0476. The lowest BCUT2D eigenvalue weighted by molar-refractivity contribution is 0.0994. The topological polar surface area (TPSA) is 79.4 Å². The second kappa shape index (κ2) is 6.03. The van der Waals surface area contributed by atoms with Crippen molar-refractivity contribution in [2.75, 3.05) is 24.2 Å². The zero-order valence-electron chi connectivity index (χ0n) is 14.6. The molecule has 0 aliphatic carbocycles. The SMILES string of the molecule is Cc1ccc2nc3cccc4c3c(c2c1)C(=O)N4CCCNS(C)(=O)=O. The van der Waals surface area contributed by atoms with E-state index >= 15 is 0 Å². The first kappa shape index (κ1) is 16.9. The summed E-state index contributed by atoms with van der Waals surface area (Å²) in [6.07, 6.45) is 1.66. The van der Waals surface area contributed by atoms with E-state index in [0.717, 1.165) is 39.3 Å². The highest BCUT2D eigenvalue weighted by Crippen LogP contribution is 2.40. The molecule has 1 aromatic heterocycles. The number of aryl methyl sites for hydroxylation is 1. The summed E-state index contributed by atoms with van der Waals surface area (Å²) in [6.45, 7) is 2.74. The molecule has 0 fully saturated rings. The zero-order chi connectivity index (χ0) is 18.5. The number of fused-ring (bicyclic) bond motifs is 2. The molecule has 0 bridgehead atoms. The summed E-state index contributed by atoms with van der Waals surface area (Å²) >= 11 is 0. The van der Waals surface area contributed by atoms with Crippen LogP contribution in [0, 0.1) is 6.92 Å². The summed E-state index contributed by atoms with van der Waals surface area (Å²) in [5.41, 5.74) is 4.23. The van der Waals surface area contributed by atoms with Crippen LogP contribution < -0.4 is 9.62 Å². The predicted octanol–water partition coefficient (Wildman–Crippen LogP) is 2.60. The third-order valence-electron chi connectivity index (χ3n) is 4.61. The first-order valence-corrected chi connectivity index (χ1v) is 10.3. The van der Waals surface area contributed by atoms with Gasteiger partial charge in [0, 0.05) is 23.9 Å². The van der Waals surface area contributed by atoms with Crippen molar-refractivity contribution in [3.05, 3.63) is 47.5 Å². The van der Waals surface area contributed by atoms with Gasteiger partial charge in [-0.1, -0.05) is 17.7 Å². The zero-order valence-corrected chi connectivity index (χ0v) is 15.4. The normalized spacial score (nSPS) is 13.9. The van der Waals surface area contributed by atoms with Crippen LogP contribution in [-0.4, -0.2) is 38.7 Å². The molecule has 0 saturated carbocycles. The van der Waals surface area contributed by atoms with Gasteiger partial charge in [0.25, 0.3) is 5.91 Å². The molecule has 4 rings (SSSR count). The number of amides is 1. The van der Waals surface area contributed by atoms with Gasteiger partial charge in [0.1, 0.15) is 0 Å². The Hall–Kier alpha value is -2.51. The van der Waals surface area contributed by atoms with Crippen LogP contribution in [0.25, 0.3) is 21.8 Å². The van der Waals surface area contributed by atoms with Crippen LogP contribution in [0.4, 0.5) is 5.69 Å². The largest absolute Gasteiger partial charge is 0.308 e. The number of carbonyl (C=O) groups is 1. The third-order valence-corrected chi connectivity index (χ3v) is 5.33. The molecule has 134 valence electrons. The number of benzene rings is 2. The number of hydrogen-bond donors (Lipinski definition) is 1. The standard InChI is InChI=1S/C19H19N3O3S/c1-12-7-8-14-13(11-12)17-18-15(21-14)5-3-6-16(18)22(19(17)23)10-4-9-20-26(2,24)25/h3,5-8,11,20H,4,9-10H2,1-2H3. The lowest BCUT2D eigenvalue weighted by atomic mass is 10.0. The van der Waals surface area contributed by atoms with Gasteiger partial charge in [0.15, 0.2) is 0 Å². The van der Waals surface area contributed by atoms with Gasteiger partial charge in [-0.3, -0.25) is 4.79 Å². The fraction of sp³-hybridized carbons (Fsp3) is 0.263. The molecule has 2 heterocycles. The Morgan fingerprint density at radius 1 is 1.15 bits per heavy atom. The molecule has 0 saturated heterocycles. The molecule has 0 unspecified atom stereocenters. The number of hydrogen-bond acceptors (Lipinski definition) is 4. The van der Waals surface area contributed by atoms with Gasteiger partial charge in [-0.2, -0.15) is 0 Å². The summed E-state index contributed by atoms with van der Waals surface area (Å²) in [6, 6.07) is 11.7. The van der Waals surface area contributed by atoms with Crippen LogP contribution in [0.2, 0.25) is 0 Å². The van der Waals surface area contributed by atoms with E-state index in [1.165, 1.54) is 0 Å². The Morgan fingerprint density at radius 2 is 1.96 bits per heavy atom. The Balaban J connectivity index is 1.75. The van der Waals surface area contributed by atoms with Crippen LogP contribution in [0.5, 0.6) is 0 Å². The quantitative estimate of drug-likeness (QED) is 0.554. The van der Waals surface area contributed by atoms with Crippen LogP contribution in [0.15, 0.2) is 36.4 Å². The molecular formula is C19H19N3O3S. The molecule has 7 heteroatoms. The minimum Gasteiger partial charge on any atom is -0.308 e. The van der Waals surface area contributed by atoms with Gasteiger partial charge >= 0.3 is 0 Å². The molecule has 6 nitrogen and oxygen atoms in total. The lowest BCUT2D eigenvalue weighted by Gasteiger charge is -2.17. The monoisotopic (exact) mass is 369 g/mol. The van der Waals surface area contributed by atoms with Gasteiger partial charge < -0.3 is 4.90 Å². The Bertz CT molecular complexity index is 1160. The smallest absolute Gasteiger partial charge is 0.259 e. The van der Waals surface area contributed by atoms with Crippen molar-refractivity contribution >= 4 is 43.4 Å². The molecule has 2 aromatic carbocycles. The fourth-order valence-corrected chi connectivity index (χ4v) is 4.01. The average molecular weight is 369 g/mol. The molecule has 3 aromatic rings. The second-order valence-electron chi connectivity index (χ2n) is 6.66. The minimum absolute atomic E-state index is 0.0476. The summed E-state index contributed by atoms with van der Waals surface area (Å²) in [5, 5.41) is 1.75. The highest BCUT2D eigenvalue weighted by molar-refractivity contribution is 7.88. The van der Waals surface area contributed by atoms with E-state index in [4.69, 9.17) is 4.98 Å². The lowest BCUT2D eigenvalue weighted by Crippen LogP contribution is -2.31. The second-order valence-corrected chi connectivity index (χ2v) is 8.49. The maximum atomic E-state index is 13.2. The highest BCUT2D eigenvalue weighted by atomic mass is 32.2. The number of rotatable bonds is 5. The van der Waals surface area contributed by atoms with E-state index in [9.17, 15) is 13.2 Å². The number of pyridine rings is 1. The maximum Gasteiger partial charge on any atom is 0.259 e. The van der Waals surface area contributed by atoms with Crippen molar-refractivity contribution in [3.8, 4) is 0 Å². The first-order chi connectivity index (χ1) is 12.3.